The van der Waals surface area contributed by atoms with Crippen molar-refractivity contribution in [3.8, 4) is 0 Å². The van der Waals surface area contributed by atoms with E-state index >= 15 is 0 Å². The third-order valence-electron chi connectivity index (χ3n) is 4.10. The summed E-state index contributed by atoms with van der Waals surface area (Å²) < 4.78 is 23.9. The normalized spacial score (nSPS) is 23.0. The van der Waals surface area contributed by atoms with E-state index in [0.29, 0.717) is 23.3 Å². The van der Waals surface area contributed by atoms with Crippen LogP contribution in [-0.4, -0.2) is 26.8 Å². The summed E-state index contributed by atoms with van der Waals surface area (Å²) in [7, 11) is -3.11. The van der Waals surface area contributed by atoms with E-state index in [0.717, 1.165) is 25.1 Å². The molecule has 1 aliphatic carbocycles. The van der Waals surface area contributed by atoms with Gasteiger partial charge >= 0.3 is 0 Å². The van der Waals surface area contributed by atoms with E-state index in [9.17, 15) is 8.42 Å². The Morgan fingerprint density at radius 1 is 1.24 bits per heavy atom. The lowest BCUT2D eigenvalue weighted by Gasteiger charge is -2.27. The van der Waals surface area contributed by atoms with Crippen LogP contribution in [0.3, 0.4) is 0 Å². The first-order chi connectivity index (χ1) is 10.0. The van der Waals surface area contributed by atoms with Gasteiger partial charge in [-0.15, -0.1) is 0 Å². The van der Waals surface area contributed by atoms with Crippen LogP contribution in [0.25, 0.3) is 0 Å². The SMILES string of the molecule is CCCS(=O)(=O)c1ccc(NCC2CCCC(N)C2)cc1. The molecule has 1 saturated carbocycles. The number of anilines is 1. The lowest BCUT2D eigenvalue weighted by Crippen LogP contribution is -2.30. The average Bonchev–Trinajstić information content (AvgIpc) is 2.46. The van der Waals surface area contributed by atoms with Crippen LogP contribution >= 0.6 is 0 Å². The third kappa shape index (κ3) is 4.71. The fourth-order valence-corrected chi connectivity index (χ4v) is 4.27. The molecule has 4 nitrogen and oxygen atoms in total. The van der Waals surface area contributed by atoms with Gasteiger partial charge in [0.05, 0.1) is 10.6 Å². The molecular weight excluding hydrogens is 284 g/mol. The standard InChI is InChI=1S/C16H26N2O2S/c1-2-10-21(19,20)16-8-6-15(7-9-16)18-12-13-4-3-5-14(17)11-13/h6-9,13-14,18H,2-5,10-12,17H2,1H3. The van der Waals surface area contributed by atoms with Crippen LogP contribution in [0, 0.1) is 5.92 Å². The minimum atomic E-state index is -3.11. The monoisotopic (exact) mass is 310 g/mol. The van der Waals surface area contributed by atoms with Crippen molar-refractivity contribution in [2.75, 3.05) is 17.6 Å². The van der Waals surface area contributed by atoms with Crippen LogP contribution in [0.5, 0.6) is 0 Å². The number of nitrogens with one attached hydrogen (secondary N) is 1. The molecule has 0 amide bonds. The number of sulfone groups is 1. The van der Waals surface area contributed by atoms with Gasteiger partial charge in [0.1, 0.15) is 0 Å². The molecule has 5 heteroatoms. The molecule has 0 radical (unpaired) electrons. The van der Waals surface area contributed by atoms with Gasteiger partial charge in [-0.05, 0) is 55.9 Å². The first-order valence-electron chi connectivity index (χ1n) is 7.83. The van der Waals surface area contributed by atoms with E-state index in [4.69, 9.17) is 5.73 Å². The van der Waals surface area contributed by atoms with Gasteiger partial charge in [-0.1, -0.05) is 13.3 Å². The lowest BCUT2D eigenvalue weighted by molar-refractivity contribution is 0.335. The summed E-state index contributed by atoms with van der Waals surface area (Å²) in [4.78, 5) is 0.412. The molecule has 0 heterocycles. The van der Waals surface area contributed by atoms with Crippen molar-refractivity contribution < 1.29 is 8.42 Å². The minimum absolute atomic E-state index is 0.208. The summed E-state index contributed by atoms with van der Waals surface area (Å²) in [5.74, 6) is 0.831. The maximum absolute atomic E-state index is 12.0. The lowest BCUT2D eigenvalue weighted by atomic mass is 9.86. The second-order valence-electron chi connectivity index (χ2n) is 6.02. The van der Waals surface area contributed by atoms with Gasteiger partial charge in [0, 0.05) is 18.3 Å². The van der Waals surface area contributed by atoms with Crippen molar-refractivity contribution >= 4 is 15.5 Å². The molecule has 1 fully saturated rings. The molecular formula is C16H26N2O2S. The molecule has 0 aromatic heterocycles. The Kier molecular flexibility index (Phi) is 5.65. The molecule has 0 bridgehead atoms. The summed E-state index contributed by atoms with van der Waals surface area (Å²) >= 11 is 0. The summed E-state index contributed by atoms with van der Waals surface area (Å²) in [6.45, 7) is 2.79. The third-order valence-corrected chi connectivity index (χ3v) is 6.04. The van der Waals surface area contributed by atoms with Gasteiger partial charge in [-0.2, -0.15) is 0 Å². The van der Waals surface area contributed by atoms with Gasteiger partial charge < -0.3 is 11.1 Å². The smallest absolute Gasteiger partial charge is 0.178 e. The predicted octanol–water partition coefficient (Wildman–Crippen LogP) is 2.80. The molecule has 2 rings (SSSR count). The van der Waals surface area contributed by atoms with Crippen LogP contribution in [0.15, 0.2) is 29.2 Å². The molecule has 1 aromatic carbocycles. The van der Waals surface area contributed by atoms with Crippen molar-refractivity contribution in [2.24, 2.45) is 11.7 Å². The van der Waals surface area contributed by atoms with Crippen LogP contribution in [0.1, 0.15) is 39.0 Å². The quantitative estimate of drug-likeness (QED) is 0.847. The Morgan fingerprint density at radius 2 is 1.95 bits per heavy atom. The fourth-order valence-electron chi connectivity index (χ4n) is 2.95. The maximum atomic E-state index is 12.0. The van der Waals surface area contributed by atoms with Gasteiger partial charge in [0.2, 0.25) is 0 Å². The van der Waals surface area contributed by atoms with E-state index < -0.39 is 9.84 Å². The Balaban J connectivity index is 1.90. The van der Waals surface area contributed by atoms with E-state index in [1.54, 1.807) is 12.1 Å². The highest BCUT2D eigenvalue weighted by Crippen LogP contribution is 2.24. The van der Waals surface area contributed by atoms with Crippen LogP contribution < -0.4 is 11.1 Å². The molecule has 0 saturated heterocycles. The molecule has 2 unspecified atom stereocenters. The predicted molar refractivity (Wildman–Crippen MR) is 87.2 cm³/mol. The van der Waals surface area contributed by atoms with E-state index in [-0.39, 0.29) is 5.75 Å². The zero-order chi connectivity index (χ0) is 15.3. The Hall–Kier alpha value is -1.07. The molecule has 118 valence electrons. The molecule has 0 spiro atoms. The first-order valence-corrected chi connectivity index (χ1v) is 9.49. The van der Waals surface area contributed by atoms with E-state index in [1.165, 1.54) is 12.8 Å². The molecule has 1 aromatic rings. The molecule has 3 N–H and O–H groups in total. The second kappa shape index (κ2) is 7.27. The molecule has 21 heavy (non-hydrogen) atoms. The van der Waals surface area contributed by atoms with E-state index in [1.807, 2.05) is 19.1 Å². The topological polar surface area (TPSA) is 72.2 Å². The molecule has 2 atom stereocenters. The average molecular weight is 310 g/mol. The molecule has 1 aliphatic rings. The van der Waals surface area contributed by atoms with Gasteiger partial charge in [-0.3, -0.25) is 0 Å². The fraction of sp³-hybridized carbons (Fsp3) is 0.625. The summed E-state index contributed by atoms with van der Waals surface area (Å²) in [5, 5.41) is 3.40. The van der Waals surface area contributed by atoms with E-state index in [2.05, 4.69) is 5.32 Å². The van der Waals surface area contributed by atoms with Crippen molar-refractivity contribution in [3.05, 3.63) is 24.3 Å². The van der Waals surface area contributed by atoms with Crippen LogP contribution in [0.4, 0.5) is 5.69 Å². The zero-order valence-electron chi connectivity index (χ0n) is 12.7. The Bertz CT molecular complexity index is 540. The number of rotatable bonds is 6. The second-order valence-corrected chi connectivity index (χ2v) is 8.13. The van der Waals surface area contributed by atoms with Crippen molar-refractivity contribution in [1.29, 1.82) is 0 Å². The summed E-state index contributed by atoms with van der Waals surface area (Å²) in [6.07, 6.45) is 5.30. The summed E-state index contributed by atoms with van der Waals surface area (Å²) in [6, 6.07) is 7.43. The van der Waals surface area contributed by atoms with Gasteiger partial charge in [0.15, 0.2) is 9.84 Å². The number of hydrogen-bond donors (Lipinski definition) is 2. The Morgan fingerprint density at radius 3 is 2.57 bits per heavy atom. The number of benzene rings is 1. The zero-order valence-corrected chi connectivity index (χ0v) is 13.5. The number of hydrogen-bond acceptors (Lipinski definition) is 4. The van der Waals surface area contributed by atoms with Gasteiger partial charge in [-0.25, -0.2) is 8.42 Å². The van der Waals surface area contributed by atoms with Crippen LogP contribution in [-0.2, 0) is 9.84 Å². The highest BCUT2D eigenvalue weighted by molar-refractivity contribution is 7.91. The maximum Gasteiger partial charge on any atom is 0.178 e. The van der Waals surface area contributed by atoms with Crippen molar-refractivity contribution in [3.63, 3.8) is 0 Å². The van der Waals surface area contributed by atoms with Gasteiger partial charge in [0.25, 0.3) is 0 Å². The molecule has 0 aliphatic heterocycles. The van der Waals surface area contributed by atoms with Crippen molar-refractivity contribution in [1.82, 2.24) is 0 Å². The highest BCUT2D eigenvalue weighted by atomic mass is 32.2. The van der Waals surface area contributed by atoms with Crippen molar-refractivity contribution in [2.45, 2.75) is 50.0 Å². The van der Waals surface area contributed by atoms with Crippen LogP contribution in [0.2, 0.25) is 0 Å². The highest BCUT2D eigenvalue weighted by Gasteiger charge is 2.19. The minimum Gasteiger partial charge on any atom is -0.385 e. The number of nitrogens with two attached hydrogens (primary N) is 1. The summed E-state index contributed by atoms with van der Waals surface area (Å²) in [5.41, 5.74) is 6.97. The first kappa shape index (κ1) is 16.3. The largest absolute Gasteiger partial charge is 0.385 e. The Labute approximate surface area is 128 Å².